The van der Waals surface area contributed by atoms with Crippen molar-refractivity contribution in [3.8, 4) is 22.9 Å². The highest BCUT2D eigenvalue weighted by Gasteiger charge is 2.13. The molecule has 0 fully saturated rings. The molecule has 4 nitrogen and oxygen atoms in total. The maximum Gasteiger partial charge on any atom is 0.337 e. The molecule has 3 aromatic carbocycles. The summed E-state index contributed by atoms with van der Waals surface area (Å²) >= 11 is 0. The summed E-state index contributed by atoms with van der Waals surface area (Å²) in [6, 6.07) is 18.8. The largest absolute Gasteiger partial charge is 0.496 e. The lowest BCUT2D eigenvalue weighted by atomic mass is 9.95. The van der Waals surface area contributed by atoms with Crippen molar-refractivity contribution in [1.82, 2.24) is 0 Å². The molecular weight excluding hydrogens is 302 g/mol. The van der Waals surface area contributed by atoms with E-state index in [9.17, 15) is 4.79 Å². The van der Waals surface area contributed by atoms with E-state index in [1.165, 1.54) is 7.11 Å². The van der Waals surface area contributed by atoms with Crippen molar-refractivity contribution in [1.29, 1.82) is 5.26 Å². The molecule has 0 aliphatic rings. The minimum atomic E-state index is -0.376. The second-order valence-electron chi connectivity index (χ2n) is 5.26. The highest BCUT2D eigenvalue weighted by atomic mass is 16.5. The minimum Gasteiger partial charge on any atom is -0.496 e. The Morgan fingerprint density at radius 2 is 1.83 bits per heavy atom. The van der Waals surface area contributed by atoms with Crippen LogP contribution in [0.1, 0.15) is 15.9 Å². The summed E-state index contributed by atoms with van der Waals surface area (Å²) in [5.41, 5.74) is 2.82. The van der Waals surface area contributed by atoms with Gasteiger partial charge in [0.25, 0.3) is 0 Å². The van der Waals surface area contributed by atoms with Gasteiger partial charge in [0, 0.05) is 5.56 Å². The topological polar surface area (TPSA) is 59.3 Å². The van der Waals surface area contributed by atoms with E-state index < -0.39 is 0 Å². The van der Waals surface area contributed by atoms with Crippen LogP contribution in [0.4, 0.5) is 0 Å². The van der Waals surface area contributed by atoms with Crippen molar-refractivity contribution in [2.75, 3.05) is 14.2 Å². The summed E-state index contributed by atoms with van der Waals surface area (Å²) < 4.78 is 10.3. The number of methoxy groups -OCH3 is 2. The first kappa shape index (κ1) is 15.6. The van der Waals surface area contributed by atoms with Gasteiger partial charge in [-0.1, -0.05) is 24.3 Å². The summed E-state index contributed by atoms with van der Waals surface area (Å²) in [5, 5.41) is 11.0. The van der Waals surface area contributed by atoms with E-state index in [-0.39, 0.29) is 5.97 Å². The molecule has 0 radical (unpaired) electrons. The fourth-order valence-corrected chi connectivity index (χ4v) is 2.74. The third-order valence-corrected chi connectivity index (χ3v) is 3.92. The molecule has 3 aromatic rings. The summed E-state index contributed by atoms with van der Waals surface area (Å²) in [4.78, 5) is 11.8. The van der Waals surface area contributed by atoms with Gasteiger partial charge in [-0.25, -0.2) is 4.79 Å². The molecule has 0 aliphatic heterocycles. The molecule has 0 atom stereocenters. The number of esters is 1. The molecule has 0 spiro atoms. The van der Waals surface area contributed by atoms with Gasteiger partial charge in [-0.15, -0.1) is 0 Å². The Morgan fingerprint density at radius 1 is 1.00 bits per heavy atom. The Bertz CT molecular complexity index is 970. The minimum absolute atomic E-state index is 0.376. The molecule has 0 unspecified atom stereocenters. The first-order chi connectivity index (χ1) is 11.7. The molecule has 24 heavy (non-hydrogen) atoms. The fraction of sp³-hybridized carbons (Fsp3) is 0.100. The Labute approximate surface area is 139 Å². The second-order valence-corrected chi connectivity index (χ2v) is 5.26. The van der Waals surface area contributed by atoms with Gasteiger partial charge in [-0.2, -0.15) is 5.26 Å². The SMILES string of the molecule is COC(=O)c1ccc2cccc(-c3ccc(C#N)cc3OC)c2c1. The van der Waals surface area contributed by atoms with Crippen LogP contribution in [0.5, 0.6) is 5.75 Å². The predicted molar refractivity (Wildman–Crippen MR) is 92.0 cm³/mol. The third-order valence-electron chi connectivity index (χ3n) is 3.92. The standard InChI is InChI=1S/C20H15NO3/c1-23-19-10-13(12-21)6-9-17(19)16-5-3-4-14-7-8-15(11-18(14)16)20(22)24-2/h3-11H,1-2H3. The number of hydrogen-bond donors (Lipinski definition) is 0. The quantitative estimate of drug-likeness (QED) is 0.680. The second kappa shape index (κ2) is 6.43. The van der Waals surface area contributed by atoms with Crippen LogP contribution in [0.15, 0.2) is 54.6 Å². The van der Waals surface area contributed by atoms with Crippen LogP contribution < -0.4 is 4.74 Å². The molecule has 0 saturated heterocycles. The number of fused-ring (bicyclic) bond motifs is 1. The lowest BCUT2D eigenvalue weighted by molar-refractivity contribution is 0.0601. The monoisotopic (exact) mass is 317 g/mol. The zero-order valence-electron chi connectivity index (χ0n) is 13.4. The van der Waals surface area contributed by atoms with Gasteiger partial charge < -0.3 is 9.47 Å². The van der Waals surface area contributed by atoms with Gasteiger partial charge in [0.15, 0.2) is 0 Å². The molecule has 118 valence electrons. The van der Waals surface area contributed by atoms with Crippen molar-refractivity contribution in [3.05, 3.63) is 65.7 Å². The molecule has 0 amide bonds. The molecule has 0 aliphatic carbocycles. The van der Waals surface area contributed by atoms with E-state index in [2.05, 4.69) is 6.07 Å². The Hall–Kier alpha value is -3.32. The van der Waals surface area contributed by atoms with Crippen LogP contribution in [0.2, 0.25) is 0 Å². The van der Waals surface area contributed by atoms with Gasteiger partial charge in [-0.3, -0.25) is 0 Å². The number of nitrogens with zero attached hydrogens (tertiary/aromatic N) is 1. The average molecular weight is 317 g/mol. The maximum atomic E-state index is 11.8. The van der Waals surface area contributed by atoms with E-state index in [1.54, 1.807) is 25.3 Å². The van der Waals surface area contributed by atoms with Gasteiger partial charge in [-0.05, 0) is 46.7 Å². The first-order valence-corrected chi connectivity index (χ1v) is 7.37. The number of rotatable bonds is 3. The average Bonchev–Trinajstić information content (AvgIpc) is 2.65. The first-order valence-electron chi connectivity index (χ1n) is 7.37. The zero-order chi connectivity index (χ0) is 17.1. The molecule has 0 heterocycles. The number of carbonyl (C=O) groups excluding carboxylic acids is 1. The van der Waals surface area contributed by atoms with Crippen molar-refractivity contribution < 1.29 is 14.3 Å². The summed E-state index contributed by atoms with van der Waals surface area (Å²) in [5.74, 6) is 0.239. The van der Waals surface area contributed by atoms with Gasteiger partial charge in [0.05, 0.1) is 31.4 Å². The van der Waals surface area contributed by atoms with Crippen molar-refractivity contribution in [2.45, 2.75) is 0 Å². The fourth-order valence-electron chi connectivity index (χ4n) is 2.74. The number of hydrogen-bond acceptors (Lipinski definition) is 4. The van der Waals surface area contributed by atoms with E-state index >= 15 is 0 Å². The highest BCUT2D eigenvalue weighted by Crippen LogP contribution is 2.36. The van der Waals surface area contributed by atoms with Crippen molar-refractivity contribution >= 4 is 16.7 Å². The molecule has 4 heteroatoms. The maximum absolute atomic E-state index is 11.8. The third kappa shape index (κ3) is 2.68. The van der Waals surface area contributed by atoms with E-state index in [4.69, 9.17) is 14.7 Å². The van der Waals surface area contributed by atoms with Crippen molar-refractivity contribution in [2.24, 2.45) is 0 Å². The van der Waals surface area contributed by atoms with Gasteiger partial charge >= 0.3 is 5.97 Å². The van der Waals surface area contributed by atoms with Crippen LogP contribution in [0.25, 0.3) is 21.9 Å². The van der Waals surface area contributed by atoms with Crippen LogP contribution in [0.3, 0.4) is 0 Å². The van der Waals surface area contributed by atoms with E-state index in [0.717, 1.165) is 21.9 Å². The van der Waals surface area contributed by atoms with Crippen LogP contribution in [-0.4, -0.2) is 20.2 Å². The van der Waals surface area contributed by atoms with Crippen LogP contribution >= 0.6 is 0 Å². The number of carbonyl (C=O) groups is 1. The Morgan fingerprint density at radius 3 is 2.54 bits per heavy atom. The number of benzene rings is 3. The molecule has 0 N–H and O–H groups in total. The van der Waals surface area contributed by atoms with E-state index in [1.807, 2.05) is 36.4 Å². The summed E-state index contributed by atoms with van der Waals surface area (Å²) in [7, 11) is 2.94. The lowest BCUT2D eigenvalue weighted by Gasteiger charge is -2.12. The van der Waals surface area contributed by atoms with Gasteiger partial charge in [0.2, 0.25) is 0 Å². The van der Waals surface area contributed by atoms with Crippen molar-refractivity contribution in [3.63, 3.8) is 0 Å². The molecule has 3 rings (SSSR count). The normalized spacial score (nSPS) is 10.2. The molecule has 0 bridgehead atoms. The Balaban J connectivity index is 2.26. The number of ether oxygens (including phenoxy) is 2. The van der Waals surface area contributed by atoms with Crippen LogP contribution in [-0.2, 0) is 4.74 Å². The zero-order valence-corrected chi connectivity index (χ0v) is 13.4. The highest BCUT2D eigenvalue weighted by molar-refractivity contribution is 6.02. The summed E-state index contributed by atoms with van der Waals surface area (Å²) in [6.07, 6.45) is 0. The number of nitriles is 1. The van der Waals surface area contributed by atoms with Crippen LogP contribution in [0, 0.1) is 11.3 Å². The molecule has 0 saturated carbocycles. The predicted octanol–water partition coefficient (Wildman–Crippen LogP) is 4.17. The molecular formula is C20H15NO3. The lowest BCUT2D eigenvalue weighted by Crippen LogP contribution is -2.00. The van der Waals surface area contributed by atoms with Gasteiger partial charge in [0.1, 0.15) is 5.75 Å². The Kier molecular flexibility index (Phi) is 4.17. The smallest absolute Gasteiger partial charge is 0.337 e. The summed E-state index contributed by atoms with van der Waals surface area (Å²) in [6.45, 7) is 0. The van der Waals surface area contributed by atoms with E-state index in [0.29, 0.717) is 16.9 Å². The molecule has 0 aromatic heterocycles.